The van der Waals surface area contributed by atoms with E-state index in [0.717, 1.165) is 38.1 Å². The lowest BCUT2D eigenvalue weighted by molar-refractivity contribution is 0.108. The van der Waals surface area contributed by atoms with Crippen LogP contribution >= 0.6 is 0 Å². The van der Waals surface area contributed by atoms with Gasteiger partial charge in [-0.2, -0.15) is 0 Å². The second kappa shape index (κ2) is 7.39. The lowest BCUT2D eigenvalue weighted by atomic mass is 10.2. The highest BCUT2D eigenvalue weighted by atomic mass is 16.5. The average Bonchev–Trinajstić information content (AvgIpc) is 3.28. The number of nitrogens with one attached hydrogen (secondary N) is 1. The molecule has 1 aliphatic carbocycles. The number of rotatable bonds is 8. The summed E-state index contributed by atoms with van der Waals surface area (Å²) in [6.45, 7) is 3.71. The third-order valence-electron chi connectivity index (χ3n) is 4.09. The molecule has 21 heavy (non-hydrogen) atoms. The molecule has 0 bridgehead atoms. The zero-order chi connectivity index (χ0) is 14.3. The molecule has 2 heteroatoms. The van der Waals surface area contributed by atoms with Gasteiger partial charge in [0.15, 0.2) is 0 Å². The molecule has 110 valence electrons. The van der Waals surface area contributed by atoms with Gasteiger partial charge < -0.3 is 10.1 Å². The maximum atomic E-state index is 5.81. The Morgan fingerprint density at radius 2 is 1.52 bits per heavy atom. The van der Waals surface area contributed by atoms with Crippen LogP contribution in [0.5, 0.6) is 0 Å². The Hall–Kier alpha value is -1.64. The minimum Gasteiger partial charge on any atom is -0.376 e. The molecule has 1 aliphatic rings. The van der Waals surface area contributed by atoms with E-state index in [-0.39, 0.29) is 0 Å². The van der Waals surface area contributed by atoms with Gasteiger partial charge in [-0.05, 0) is 35.9 Å². The average molecular weight is 281 g/mol. The van der Waals surface area contributed by atoms with Crippen LogP contribution in [0.2, 0.25) is 0 Å². The van der Waals surface area contributed by atoms with E-state index in [1.165, 1.54) is 17.5 Å². The summed E-state index contributed by atoms with van der Waals surface area (Å²) in [5, 5.41) is 3.55. The van der Waals surface area contributed by atoms with E-state index in [1.807, 2.05) is 6.07 Å². The standard InChI is InChI=1S/C19H23NO/c1-3-7-16(8-4-1)12-20-13-18-11-19(18)15-21-14-17-9-5-2-6-10-17/h1-10,18-20H,11-15H2/t18-,19-/m0/s1. The Bertz CT molecular complexity index is 476. The van der Waals surface area contributed by atoms with Crippen LogP contribution in [-0.2, 0) is 17.9 Å². The molecule has 1 fully saturated rings. The van der Waals surface area contributed by atoms with Gasteiger partial charge in [0.25, 0.3) is 0 Å². The lowest BCUT2D eigenvalue weighted by Crippen LogP contribution is -2.17. The first-order valence-electron chi connectivity index (χ1n) is 7.78. The molecule has 2 aromatic carbocycles. The highest BCUT2D eigenvalue weighted by Gasteiger charge is 2.36. The molecule has 0 radical (unpaired) electrons. The van der Waals surface area contributed by atoms with Crippen LogP contribution in [0.3, 0.4) is 0 Å². The SMILES string of the molecule is c1ccc(CNC[C@@H]2C[C@H]2COCc2ccccc2)cc1. The number of hydrogen-bond donors (Lipinski definition) is 1. The highest BCUT2D eigenvalue weighted by molar-refractivity contribution is 5.14. The van der Waals surface area contributed by atoms with E-state index in [1.54, 1.807) is 0 Å². The van der Waals surface area contributed by atoms with Crippen molar-refractivity contribution in [2.75, 3.05) is 13.2 Å². The van der Waals surface area contributed by atoms with Gasteiger partial charge in [-0.15, -0.1) is 0 Å². The van der Waals surface area contributed by atoms with Crippen molar-refractivity contribution in [3.63, 3.8) is 0 Å². The van der Waals surface area contributed by atoms with Gasteiger partial charge in [0.2, 0.25) is 0 Å². The zero-order valence-corrected chi connectivity index (χ0v) is 12.4. The number of ether oxygens (including phenoxy) is 1. The normalized spacial score (nSPS) is 20.4. The lowest BCUT2D eigenvalue weighted by Gasteiger charge is -2.06. The van der Waals surface area contributed by atoms with Gasteiger partial charge in [-0.25, -0.2) is 0 Å². The molecule has 2 nitrogen and oxygen atoms in total. The minimum absolute atomic E-state index is 0.738. The van der Waals surface area contributed by atoms with Crippen LogP contribution in [0.4, 0.5) is 0 Å². The number of benzene rings is 2. The topological polar surface area (TPSA) is 21.3 Å². The van der Waals surface area contributed by atoms with Crippen molar-refractivity contribution in [2.24, 2.45) is 11.8 Å². The highest BCUT2D eigenvalue weighted by Crippen LogP contribution is 2.38. The van der Waals surface area contributed by atoms with Crippen LogP contribution in [-0.4, -0.2) is 13.2 Å². The van der Waals surface area contributed by atoms with Crippen LogP contribution in [0.25, 0.3) is 0 Å². The first-order chi connectivity index (χ1) is 10.4. The minimum atomic E-state index is 0.738. The molecule has 0 aliphatic heterocycles. The molecular weight excluding hydrogens is 258 g/mol. The third kappa shape index (κ3) is 4.69. The van der Waals surface area contributed by atoms with Crippen molar-refractivity contribution in [1.29, 1.82) is 0 Å². The fourth-order valence-electron chi connectivity index (χ4n) is 2.66. The predicted octanol–water partition coefficient (Wildman–Crippen LogP) is 3.63. The van der Waals surface area contributed by atoms with Crippen molar-refractivity contribution in [3.8, 4) is 0 Å². The van der Waals surface area contributed by atoms with E-state index in [0.29, 0.717) is 0 Å². The van der Waals surface area contributed by atoms with Gasteiger partial charge in [0, 0.05) is 6.54 Å². The summed E-state index contributed by atoms with van der Waals surface area (Å²) in [7, 11) is 0. The fraction of sp³-hybridized carbons (Fsp3) is 0.368. The Balaban J connectivity index is 1.27. The Labute approximate surface area is 127 Å². The Morgan fingerprint density at radius 3 is 2.24 bits per heavy atom. The maximum absolute atomic E-state index is 5.81. The Morgan fingerprint density at radius 1 is 0.857 bits per heavy atom. The molecule has 3 rings (SSSR count). The molecule has 0 unspecified atom stereocenters. The zero-order valence-electron chi connectivity index (χ0n) is 12.4. The largest absolute Gasteiger partial charge is 0.376 e. The van der Waals surface area contributed by atoms with E-state index < -0.39 is 0 Å². The summed E-state index contributed by atoms with van der Waals surface area (Å²) in [4.78, 5) is 0. The molecule has 1 saturated carbocycles. The summed E-state index contributed by atoms with van der Waals surface area (Å²) in [5.74, 6) is 1.54. The molecule has 0 saturated heterocycles. The molecule has 2 atom stereocenters. The van der Waals surface area contributed by atoms with E-state index in [9.17, 15) is 0 Å². The molecule has 1 N–H and O–H groups in total. The molecule has 2 aromatic rings. The quantitative estimate of drug-likeness (QED) is 0.798. The summed E-state index contributed by atoms with van der Waals surface area (Å²) in [6.07, 6.45) is 1.30. The fourth-order valence-corrected chi connectivity index (χ4v) is 2.66. The first kappa shape index (κ1) is 14.3. The van der Waals surface area contributed by atoms with Gasteiger partial charge in [-0.3, -0.25) is 0 Å². The van der Waals surface area contributed by atoms with Crippen molar-refractivity contribution in [2.45, 2.75) is 19.6 Å². The first-order valence-corrected chi connectivity index (χ1v) is 7.78. The second-order valence-corrected chi connectivity index (χ2v) is 5.87. The van der Waals surface area contributed by atoms with Crippen molar-refractivity contribution in [3.05, 3.63) is 71.8 Å². The molecular formula is C19H23NO. The van der Waals surface area contributed by atoms with E-state index in [2.05, 4.69) is 59.9 Å². The summed E-state index contributed by atoms with van der Waals surface area (Å²) >= 11 is 0. The van der Waals surface area contributed by atoms with Crippen molar-refractivity contribution >= 4 is 0 Å². The van der Waals surface area contributed by atoms with Crippen molar-refractivity contribution < 1.29 is 4.74 Å². The van der Waals surface area contributed by atoms with Gasteiger partial charge in [0.05, 0.1) is 13.2 Å². The van der Waals surface area contributed by atoms with Crippen LogP contribution in [0, 0.1) is 11.8 Å². The van der Waals surface area contributed by atoms with Gasteiger partial charge in [0.1, 0.15) is 0 Å². The van der Waals surface area contributed by atoms with Crippen molar-refractivity contribution in [1.82, 2.24) is 5.32 Å². The second-order valence-electron chi connectivity index (χ2n) is 5.87. The summed E-state index contributed by atoms with van der Waals surface area (Å²) in [5.41, 5.74) is 2.62. The molecule has 0 heterocycles. The third-order valence-corrected chi connectivity index (χ3v) is 4.09. The monoisotopic (exact) mass is 281 g/mol. The van der Waals surface area contributed by atoms with Crippen LogP contribution in [0.15, 0.2) is 60.7 Å². The van der Waals surface area contributed by atoms with Crippen LogP contribution in [0.1, 0.15) is 17.5 Å². The predicted molar refractivity (Wildman–Crippen MR) is 85.8 cm³/mol. The smallest absolute Gasteiger partial charge is 0.0717 e. The molecule has 0 spiro atoms. The van der Waals surface area contributed by atoms with Crippen LogP contribution < -0.4 is 5.32 Å². The molecule has 0 aromatic heterocycles. The van der Waals surface area contributed by atoms with Gasteiger partial charge in [-0.1, -0.05) is 60.7 Å². The summed E-state index contributed by atoms with van der Waals surface area (Å²) < 4.78 is 5.81. The Kier molecular flexibility index (Phi) is 5.03. The molecule has 0 amide bonds. The maximum Gasteiger partial charge on any atom is 0.0717 e. The van der Waals surface area contributed by atoms with E-state index in [4.69, 9.17) is 4.74 Å². The number of hydrogen-bond acceptors (Lipinski definition) is 2. The van der Waals surface area contributed by atoms with E-state index >= 15 is 0 Å². The summed E-state index contributed by atoms with van der Waals surface area (Å²) in [6, 6.07) is 21.0. The van der Waals surface area contributed by atoms with Gasteiger partial charge >= 0.3 is 0 Å².